The summed E-state index contributed by atoms with van der Waals surface area (Å²) < 4.78 is 0. The molecule has 0 radical (unpaired) electrons. The SMILES string of the molecule is NCCC[C@H](N=Cc1c[nH]c2ccccc12)C(=O)O. The molecule has 100 valence electrons. The molecule has 1 heterocycles. The van der Waals surface area contributed by atoms with Gasteiger partial charge in [-0.3, -0.25) is 4.99 Å². The standard InChI is InChI=1S/C14H17N3O2/c15-7-3-6-13(14(18)19)17-9-10-8-16-12-5-2-1-4-11(10)12/h1-2,4-5,8-9,13,16H,3,6-7,15H2,(H,18,19)/t13-/m0/s1. The predicted molar refractivity (Wildman–Crippen MR) is 75.6 cm³/mol. The molecule has 0 fully saturated rings. The lowest BCUT2D eigenvalue weighted by Gasteiger charge is -2.05. The van der Waals surface area contributed by atoms with E-state index in [1.54, 1.807) is 6.21 Å². The first-order valence-electron chi connectivity index (χ1n) is 6.24. The van der Waals surface area contributed by atoms with Crippen LogP contribution in [0.3, 0.4) is 0 Å². The van der Waals surface area contributed by atoms with E-state index < -0.39 is 12.0 Å². The van der Waals surface area contributed by atoms with Gasteiger partial charge in [-0.25, -0.2) is 4.79 Å². The fourth-order valence-electron chi connectivity index (χ4n) is 1.94. The number of carboxylic acids is 1. The first kappa shape index (κ1) is 13.3. The van der Waals surface area contributed by atoms with Crippen LogP contribution >= 0.6 is 0 Å². The number of nitrogens with zero attached hydrogens (tertiary/aromatic N) is 1. The van der Waals surface area contributed by atoms with Crippen molar-refractivity contribution in [2.24, 2.45) is 10.7 Å². The summed E-state index contributed by atoms with van der Waals surface area (Å²) in [4.78, 5) is 18.3. The third-order valence-electron chi connectivity index (χ3n) is 2.98. The van der Waals surface area contributed by atoms with Crippen molar-refractivity contribution in [1.29, 1.82) is 0 Å². The number of aliphatic imine (C=N–C) groups is 1. The predicted octanol–water partition coefficient (Wildman–Crippen LogP) is 1.78. The average Bonchev–Trinajstić information content (AvgIpc) is 2.82. The lowest BCUT2D eigenvalue weighted by atomic mass is 10.1. The van der Waals surface area contributed by atoms with Gasteiger partial charge in [0.1, 0.15) is 6.04 Å². The normalized spacial score (nSPS) is 13.1. The van der Waals surface area contributed by atoms with Crippen molar-refractivity contribution < 1.29 is 9.90 Å². The molecule has 0 saturated heterocycles. The molecule has 1 aromatic carbocycles. The third-order valence-corrected chi connectivity index (χ3v) is 2.98. The van der Waals surface area contributed by atoms with Crippen LogP contribution in [0.25, 0.3) is 10.9 Å². The molecule has 4 N–H and O–H groups in total. The van der Waals surface area contributed by atoms with Crippen LogP contribution in [-0.2, 0) is 4.79 Å². The number of aromatic amines is 1. The molecule has 2 rings (SSSR count). The number of benzene rings is 1. The highest BCUT2D eigenvalue weighted by molar-refractivity contribution is 5.99. The van der Waals surface area contributed by atoms with Gasteiger partial charge >= 0.3 is 5.97 Å². The Bertz CT molecular complexity index is 589. The highest BCUT2D eigenvalue weighted by Crippen LogP contribution is 2.16. The zero-order valence-corrected chi connectivity index (χ0v) is 10.5. The van der Waals surface area contributed by atoms with E-state index >= 15 is 0 Å². The minimum atomic E-state index is -0.912. The smallest absolute Gasteiger partial charge is 0.328 e. The van der Waals surface area contributed by atoms with Crippen LogP contribution in [0.4, 0.5) is 0 Å². The van der Waals surface area contributed by atoms with Gasteiger partial charge in [-0.05, 0) is 25.5 Å². The van der Waals surface area contributed by atoms with E-state index in [1.165, 1.54) is 0 Å². The molecule has 0 aliphatic rings. The van der Waals surface area contributed by atoms with E-state index in [-0.39, 0.29) is 0 Å². The molecule has 0 unspecified atom stereocenters. The lowest BCUT2D eigenvalue weighted by Crippen LogP contribution is -2.19. The number of fused-ring (bicyclic) bond motifs is 1. The van der Waals surface area contributed by atoms with Crippen LogP contribution < -0.4 is 5.73 Å². The zero-order valence-electron chi connectivity index (χ0n) is 10.5. The van der Waals surface area contributed by atoms with Gasteiger partial charge in [0, 0.05) is 28.9 Å². The Kier molecular flexibility index (Phi) is 4.30. The number of aromatic nitrogens is 1. The molecular formula is C14H17N3O2. The Hall–Kier alpha value is -2.14. The second kappa shape index (κ2) is 6.15. The molecule has 5 heteroatoms. The number of nitrogens with one attached hydrogen (secondary N) is 1. The highest BCUT2D eigenvalue weighted by Gasteiger charge is 2.14. The number of hydrogen-bond acceptors (Lipinski definition) is 3. The van der Waals surface area contributed by atoms with Crippen molar-refractivity contribution in [1.82, 2.24) is 4.98 Å². The van der Waals surface area contributed by atoms with Gasteiger partial charge in [0.15, 0.2) is 0 Å². The molecule has 0 amide bonds. The lowest BCUT2D eigenvalue weighted by molar-refractivity contribution is -0.138. The van der Waals surface area contributed by atoms with Gasteiger partial charge in [-0.1, -0.05) is 18.2 Å². The summed E-state index contributed by atoms with van der Waals surface area (Å²) in [5.41, 5.74) is 7.30. The molecule has 1 atom stereocenters. The fraction of sp³-hybridized carbons (Fsp3) is 0.286. The Balaban J connectivity index is 2.18. The molecule has 1 aromatic heterocycles. The van der Waals surface area contributed by atoms with Gasteiger partial charge in [-0.15, -0.1) is 0 Å². The summed E-state index contributed by atoms with van der Waals surface area (Å²) in [5, 5.41) is 10.1. The van der Waals surface area contributed by atoms with Crippen molar-refractivity contribution in [3.05, 3.63) is 36.0 Å². The van der Waals surface area contributed by atoms with Gasteiger partial charge in [-0.2, -0.15) is 0 Å². The maximum Gasteiger partial charge on any atom is 0.328 e. The second-order valence-corrected chi connectivity index (χ2v) is 4.35. The fourth-order valence-corrected chi connectivity index (χ4v) is 1.94. The number of para-hydroxylation sites is 1. The number of aliphatic carboxylic acids is 1. The summed E-state index contributed by atoms with van der Waals surface area (Å²) in [6, 6.07) is 7.10. The quantitative estimate of drug-likeness (QED) is 0.690. The maximum atomic E-state index is 11.1. The molecule has 19 heavy (non-hydrogen) atoms. The summed E-state index contributed by atoms with van der Waals surface area (Å²) in [7, 11) is 0. The van der Waals surface area contributed by atoms with E-state index in [0.717, 1.165) is 16.5 Å². The van der Waals surface area contributed by atoms with Gasteiger partial charge in [0.2, 0.25) is 0 Å². The largest absolute Gasteiger partial charge is 0.480 e. The minimum Gasteiger partial charge on any atom is -0.480 e. The number of H-pyrrole nitrogens is 1. The maximum absolute atomic E-state index is 11.1. The Morgan fingerprint density at radius 3 is 3.00 bits per heavy atom. The van der Waals surface area contributed by atoms with Crippen LogP contribution in [0.5, 0.6) is 0 Å². The van der Waals surface area contributed by atoms with Gasteiger partial charge in [0.05, 0.1) is 0 Å². The molecule has 2 aromatic rings. The molecule has 0 saturated carbocycles. The van der Waals surface area contributed by atoms with E-state index in [9.17, 15) is 4.79 Å². The molecule has 5 nitrogen and oxygen atoms in total. The number of nitrogens with two attached hydrogens (primary N) is 1. The minimum absolute atomic E-state index is 0.463. The Morgan fingerprint density at radius 2 is 2.26 bits per heavy atom. The second-order valence-electron chi connectivity index (χ2n) is 4.35. The third kappa shape index (κ3) is 3.20. The van der Waals surface area contributed by atoms with Crippen LogP contribution in [-0.4, -0.2) is 34.9 Å². The first-order chi connectivity index (χ1) is 9.22. The van der Waals surface area contributed by atoms with Crippen molar-refractivity contribution in [2.75, 3.05) is 6.54 Å². The summed E-state index contributed by atoms with van der Waals surface area (Å²) in [6.07, 6.45) is 4.57. The van der Waals surface area contributed by atoms with Crippen LogP contribution in [0.15, 0.2) is 35.5 Å². The zero-order chi connectivity index (χ0) is 13.7. The molecular weight excluding hydrogens is 242 g/mol. The number of rotatable bonds is 6. The first-order valence-corrected chi connectivity index (χ1v) is 6.24. The number of carboxylic acid groups (broad SMARTS) is 1. The van der Waals surface area contributed by atoms with Gasteiger partial charge in [0.25, 0.3) is 0 Å². The van der Waals surface area contributed by atoms with Crippen molar-refractivity contribution in [3.63, 3.8) is 0 Å². The van der Waals surface area contributed by atoms with E-state index in [1.807, 2.05) is 30.5 Å². The van der Waals surface area contributed by atoms with Gasteiger partial charge < -0.3 is 15.8 Å². The van der Waals surface area contributed by atoms with Crippen molar-refractivity contribution in [2.45, 2.75) is 18.9 Å². The molecule has 0 spiro atoms. The molecule has 0 aliphatic carbocycles. The molecule has 0 bridgehead atoms. The van der Waals surface area contributed by atoms with Crippen molar-refractivity contribution >= 4 is 23.1 Å². The van der Waals surface area contributed by atoms with E-state index in [2.05, 4.69) is 9.98 Å². The molecule has 0 aliphatic heterocycles. The Labute approximate surface area is 111 Å². The highest BCUT2D eigenvalue weighted by atomic mass is 16.4. The number of hydrogen-bond donors (Lipinski definition) is 3. The van der Waals surface area contributed by atoms with E-state index in [0.29, 0.717) is 19.4 Å². The number of carbonyl (C=O) groups is 1. The van der Waals surface area contributed by atoms with Crippen LogP contribution in [0.2, 0.25) is 0 Å². The van der Waals surface area contributed by atoms with Crippen LogP contribution in [0, 0.1) is 0 Å². The van der Waals surface area contributed by atoms with Crippen molar-refractivity contribution in [3.8, 4) is 0 Å². The summed E-state index contributed by atoms with van der Waals surface area (Å²) in [6.45, 7) is 0.479. The van der Waals surface area contributed by atoms with E-state index in [4.69, 9.17) is 10.8 Å². The topological polar surface area (TPSA) is 91.5 Å². The van der Waals surface area contributed by atoms with Crippen LogP contribution in [0.1, 0.15) is 18.4 Å². The monoisotopic (exact) mass is 259 g/mol. The summed E-state index contributed by atoms with van der Waals surface area (Å²) in [5.74, 6) is -0.912. The average molecular weight is 259 g/mol. The Morgan fingerprint density at radius 1 is 1.47 bits per heavy atom. The summed E-state index contributed by atoms with van der Waals surface area (Å²) >= 11 is 0.